The van der Waals surface area contributed by atoms with E-state index < -0.39 is 0 Å². The second kappa shape index (κ2) is 8.63. The minimum atomic E-state index is 0.0100. The highest BCUT2D eigenvalue weighted by Crippen LogP contribution is 2.24. The number of ether oxygens (including phenoxy) is 2. The number of allylic oxidation sites excluding steroid dienone is 2. The summed E-state index contributed by atoms with van der Waals surface area (Å²) in [6, 6.07) is 0. The van der Waals surface area contributed by atoms with E-state index in [1.54, 1.807) is 7.11 Å². The maximum atomic E-state index is 5.59. The minimum absolute atomic E-state index is 0.0100. The number of hydrogen-bond donors (Lipinski definition) is 0. The summed E-state index contributed by atoms with van der Waals surface area (Å²) in [6.07, 6.45) is 13.6. The van der Waals surface area contributed by atoms with Crippen molar-refractivity contribution >= 4 is 0 Å². The van der Waals surface area contributed by atoms with E-state index >= 15 is 0 Å². The molecule has 1 heterocycles. The molecule has 2 nitrogen and oxygen atoms in total. The van der Waals surface area contributed by atoms with Crippen LogP contribution in [-0.2, 0) is 9.47 Å². The molecule has 0 aliphatic carbocycles. The van der Waals surface area contributed by atoms with Crippen LogP contribution in [0.2, 0.25) is 0 Å². The van der Waals surface area contributed by atoms with Gasteiger partial charge in [0.05, 0.1) is 5.76 Å². The largest absolute Gasteiger partial charge is 0.470 e. The Bertz CT molecular complexity index is 199. The summed E-state index contributed by atoms with van der Waals surface area (Å²) in [5.41, 5.74) is 0. The van der Waals surface area contributed by atoms with Gasteiger partial charge in [0, 0.05) is 20.0 Å². The molecule has 0 N–H and O–H groups in total. The first-order chi connectivity index (χ1) is 7.86. The molecule has 1 saturated heterocycles. The van der Waals surface area contributed by atoms with Crippen molar-refractivity contribution in [3.05, 3.63) is 11.8 Å². The Labute approximate surface area is 100 Å². The van der Waals surface area contributed by atoms with E-state index in [2.05, 4.69) is 13.0 Å². The van der Waals surface area contributed by atoms with Gasteiger partial charge in [0.15, 0.2) is 6.29 Å². The predicted molar refractivity (Wildman–Crippen MR) is 67.2 cm³/mol. The van der Waals surface area contributed by atoms with Gasteiger partial charge < -0.3 is 9.47 Å². The lowest BCUT2D eigenvalue weighted by molar-refractivity contribution is -0.0683. The van der Waals surface area contributed by atoms with Crippen LogP contribution in [0.3, 0.4) is 0 Å². The number of unbranched alkanes of at least 4 members (excludes halogenated alkanes) is 6. The third kappa shape index (κ3) is 5.55. The van der Waals surface area contributed by atoms with Crippen LogP contribution in [0.5, 0.6) is 0 Å². The van der Waals surface area contributed by atoms with Crippen molar-refractivity contribution in [3.8, 4) is 0 Å². The molecular weight excluding hydrogens is 200 g/mol. The molecular formula is C14H26O2. The van der Waals surface area contributed by atoms with Gasteiger partial charge in [-0.2, -0.15) is 0 Å². The molecule has 1 rings (SSSR count). The SMILES string of the molecule is CCCCCCCC/C=C1/CCC(OC)O1. The summed E-state index contributed by atoms with van der Waals surface area (Å²) >= 11 is 0. The second-order valence-electron chi connectivity index (χ2n) is 4.55. The highest BCUT2D eigenvalue weighted by atomic mass is 16.7. The van der Waals surface area contributed by atoms with Gasteiger partial charge >= 0.3 is 0 Å². The van der Waals surface area contributed by atoms with Crippen molar-refractivity contribution in [1.29, 1.82) is 0 Å². The topological polar surface area (TPSA) is 18.5 Å². The lowest BCUT2D eigenvalue weighted by Crippen LogP contribution is -2.05. The van der Waals surface area contributed by atoms with Crippen LogP contribution in [0.4, 0.5) is 0 Å². The van der Waals surface area contributed by atoms with E-state index in [0.717, 1.165) is 25.0 Å². The van der Waals surface area contributed by atoms with Gasteiger partial charge in [-0.15, -0.1) is 0 Å². The van der Waals surface area contributed by atoms with Crippen LogP contribution >= 0.6 is 0 Å². The lowest BCUT2D eigenvalue weighted by Gasteiger charge is -2.07. The van der Waals surface area contributed by atoms with Crippen molar-refractivity contribution < 1.29 is 9.47 Å². The standard InChI is InChI=1S/C14H26O2/c1-3-4-5-6-7-8-9-10-13-11-12-14(15-2)16-13/h10,14H,3-9,11-12H2,1-2H3/b13-10-. The van der Waals surface area contributed by atoms with Gasteiger partial charge in [-0.3, -0.25) is 0 Å². The summed E-state index contributed by atoms with van der Waals surface area (Å²) in [7, 11) is 1.71. The van der Waals surface area contributed by atoms with Crippen molar-refractivity contribution in [2.75, 3.05) is 7.11 Å². The predicted octanol–water partition coefficient (Wildman–Crippen LogP) is 4.40. The molecule has 0 spiro atoms. The van der Waals surface area contributed by atoms with Gasteiger partial charge in [-0.05, 0) is 18.9 Å². The van der Waals surface area contributed by atoms with Crippen LogP contribution in [0.25, 0.3) is 0 Å². The van der Waals surface area contributed by atoms with E-state index in [4.69, 9.17) is 9.47 Å². The zero-order chi connectivity index (χ0) is 11.6. The number of methoxy groups -OCH3 is 1. The molecule has 0 aromatic carbocycles. The molecule has 0 radical (unpaired) electrons. The van der Waals surface area contributed by atoms with Crippen LogP contribution in [0.15, 0.2) is 11.8 Å². The first-order valence-corrected chi connectivity index (χ1v) is 6.75. The second-order valence-corrected chi connectivity index (χ2v) is 4.55. The molecule has 1 aliphatic heterocycles. The van der Waals surface area contributed by atoms with Crippen LogP contribution in [-0.4, -0.2) is 13.4 Å². The van der Waals surface area contributed by atoms with Gasteiger partial charge in [0.25, 0.3) is 0 Å². The Hall–Kier alpha value is -0.500. The van der Waals surface area contributed by atoms with E-state index in [1.807, 2.05) is 0 Å². The quantitative estimate of drug-likeness (QED) is 0.571. The summed E-state index contributed by atoms with van der Waals surface area (Å²) < 4.78 is 10.7. The van der Waals surface area contributed by atoms with Crippen molar-refractivity contribution in [3.63, 3.8) is 0 Å². The molecule has 1 aliphatic rings. The minimum Gasteiger partial charge on any atom is -0.470 e. The first-order valence-electron chi connectivity index (χ1n) is 6.75. The molecule has 94 valence electrons. The average molecular weight is 226 g/mol. The third-order valence-corrected chi connectivity index (χ3v) is 3.10. The molecule has 1 fully saturated rings. The fourth-order valence-electron chi connectivity index (χ4n) is 2.05. The monoisotopic (exact) mass is 226 g/mol. The number of hydrogen-bond acceptors (Lipinski definition) is 2. The maximum Gasteiger partial charge on any atom is 0.199 e. The smallest absolute Gasteiger partial charge is 0.199 e. The zero-order valence-corrected chi connectivity index (χ0v) is 10.8. The summed E-state index contributed by atoms with van der Waals surface area (Å²) in [5.74, 6) is 1.14. The van der Waals surface area contributed by atoms with E-state index in [9.17, 15) is 0 Å². The van der Waals surface area contributed by atoms with Gasteiger partial charge in [-0.25, -0.2) is 0 Å². The summed E-state index contributed by atoms with van der Waals surface area (Å²) in [4.78, 5) is 0. The van der Waals surface area contributed by atoms with Crippen molar-refractivity contribution in [2.24, 2.45) is 0 Å². The molecule has 0 amide bonds. The molecule has 16 heavy (non-hydrogen) atoms. The Balaban J connectivity index is 1.96. The summed E-state index contributed by atoms with van der Waals surface area (Å²) in [6.45, 7) is 2.26. The van der Waals surface area contributed by atoms with Crippen LogP contribution in [0, 0.1) is 0 Å². The fraction of sp³-hybridized carbons (Fsp3) is 0.857. The Kier molecular flexibility index (Phi) is 7.32. The summed E-state index contributed by atoms with van der Waals surface area (Å²) in [5, 5.41) is 0. The first kappa shape index (κ1) is 13.6. The van der Waals surface area contributed by atoms with E-state index in [-0.39, 0.29) is 6.29 Å². The fourth-order valence-corrected chi connectivity index (χ4v) is 2.05. The molecule has 0 bridgehead atoms. The van der Waals surface area contributed by atoms with Gasteiger partial charge in [0.2, 0.25) is 0 Å². The maximum absolute atomic E-state index is 5.59. The normalized spacial score (nSPS) is 22.6. The Morgan fingerprint density at radius 3 is 2.69 bits per heavy atom. The lowest BCUT2D eigenvalue weighted by atomic mass is 10.1. The Morgan fingerprint density at radius 1 is 1.25 bits per heavy atom. The molecule has 0 saturated carbocycles. The average Bonchev–Trinajstić information content (AvgIpc) is 2.76. The van der Waals surface area contributed by atoms with Crippen LogP contribution in [0.1, 0.15) is 64.7 Å². The number of rotatable bonds is 8. The van der Waals surface area contributed by atoms with Gasteiger partial charge in [0.1, 0.15) is 0 Å². The van der Waals surface area contributed by atoms with E-state index in [0.29, 0.717) is 0 Å². The molecule has 1 unspecified atom stereocenters. The molecule has 1 atom stereocenters. The van der Waals surface area contributed by atoms with Crippen molar-refractivity contribution in [1.82, 2.24) is 0 Å². The molecule has 2 heteroatoms. The molecule has 0 aromatic rings. The van der Waals surface area contributed by atoms with E-state index in [1.165, 1.54) is 38.5 Å². The zero-order valence-electron chi connectivity index (χ0n) is 10.8. The molecule has 0 aromatic heterocycles. The Morgan fingerprint density at radius 2 is 2.00 bits per heavy atom. The van der Waals surface area contributed by atoms with Crippen LogP contribution < -0.4 is 0 Å². The highest BCUT2D eigenvalue weighted by molar-refractivity contribution is 4.97. The van der Waals surface area contributed by atoms with Crippen molar-refractivity contribution in [2.45, 2.75) is 71.0 Å². The third-order valence-electron chi connectivity index (χ3n) is 3.10. The highest BCUT2D eigenvalue weighted by Gasteiger charge is 2.18. The van der Waals surface area contributed by atoms with Gasteiger partial charge in [-0.1, -0.05) is 39.0 Å².